The van der Waals surface area contributed by atoms with E-state index in [1.165, 1.54) is 5.56 Å². The molecule has 0 aliphatic carbocycles. The fourth-order valence-corrected chi connectivity index (χ4v) is 1.50. The van der Waals surface area contributed by atoms with Gasteiger partial charge in [0.05, 0.1) is 5.69 Å². The summed E-state index contributed by atoms with van der Waals surface area (Å²) in [5.74, 6) is 0. The Morgan fingerprint density at radius 3 is 2.25 bits per heavy atom. The lowest BCUT2D eigenvalue weighted by Crippen LogP contribution is -1.83. The van der Waals surface area contributed by atoms with Gasteiger partial charge in [-0.1, -0.05) is 49.4 Å². The van der Waals surface area contributed by atoms with Crippen molar-refractivity contribution in [3.8, 4) is 0 Å². The van der Waals surface area contributed by atoms with Crippen molar-refractivity contribution in [2.45, 2.75) is 13.3 Å². The fraction of sp³-hybridized carbons (Fsp3) is 0.133. The van der Waals surface area contributed by atoms with Crippen LogP contribution in [0.5, 0.6) is 0 Å². The molecular formula is C15H15N. The van der Waals surface area contributed by atoms with Crippen LogP contribution < -0.4 is 0 Å². The summed E-state index contributed by atoms with van der Waals surface area (Å²) in [6, 6.07) is 18.5. The highest BCUT2D eigenvalue weighted by Crippen LogP contribution is 2.10. The molecule has 0 saturated carbocycles. The van der Waals surface area contributed by atoms with Gasteiger partial charge in [0.1, 0.15) is 0 Å². The lowest BCUT2D eigenvalue weighted by Gasteiger charge is -1.97. The first kappa shape index (κ1) is 10.6. The highest BCUT2D eigenvalue weighted by atomic mass is 14.7. The predicted octanol–water partition coefficient (Wildman–Crippen LogP) is 4.00. The minimum Gasteiger partial charge on any atom is -0.256 e. The van der Waals surface area contributed by atoms with E-state index in [1.54, 1.807) is 0 Å². The number of aliphatic imine (C=N–C) groups is 1. The Hall–Kier alpha value is -1.89. The van der Waals surface area contributed by atoms with Gasteiger partial charge in [-0.2, -0.15) is 0 Å². The summed E-state index contributed by atoms with van der Waals surface area (Å²) < 4.78 is 0. The molecule has 2 aromatic rings. The van der Waals surface area contributed by atoms with Crippen molar-refractivity contribution in [1.82, 2.24) is 0 Å². The van der Waals surface area contributed by atoms with Crippen LogP contribution in [0.3, 0.4) is 0 Å². The molecule has 0 saturated heterocycles. The van der Waals surface area contributed by atoms with Gasteiger partial charge in [0, 0.05) is 6.21 Å². The van der Waals surface area contributed by atoms with Crippen LogP contribution in [0.2, 0.25) is 0 Å². The first-order valence-corrected chi connectivity index (χ1v) is 5.56. The topological polar surface area (TPSA) is 12.4 Å². The van der Waals surface area contributed by atoms with Crippen LogP contribution in [0.1, 0.15) is 18.1 Å². The highest BCUT2D eigenvalue weighted by molar-refractivity contribution is 5.81. The number of hydrogen-bond donors (Lipinski definition) is 0. The zero-order valence-corrected chi connectivity index (χ0v) is 9.43. The fourth-order valence-electron chi connectivity index (χ4n) is 1.50. The molecule has 0 aliphatic heterocycles. The Kier molecular flexibility index (Phi) is 3.50. The van der Waals surface area contributed by atoms with E-state index < -0.39 is 0 Å². The van der Waals surface area contributed by atoms with Gasteiger partial charge < -0.3 is 0 Å². The van der Waals surface area contributed by atoms with Gasteiger partial charge in [0.25, 0.3) is 0 Å². The lowest BCUT2D eigenvalue weighted by molar-refractivity contribution is 1.14. The van der Waals surface area contributed by atoms with Gasteiger partial charge in [-0.05, 0) is 29.7 Å². The molecule has 0 unspecified atom stereocenters. The van der Waals surface area contributed by atoms with E-state index in [9.17, 15) is 0 Å². The van der Waals surface area contributed by atoms with Crippen molar-refractivity contribution in [3.63, 3.8) is 0 Å². The van der Waals surface area contributed by atoms with Crippen LogP contribution in [0.15, 0.2) is 59.6 Å². The molecule has 0 bridgehead atoms. The standard InChI is InChI=1S/C15H15N/c1-2-13-8-10-14(11-9-13)12-16-15-6-4-3-5-7-15/h3-12H,2H2,1H3/b16-12+. The Morgan fingerprint density at radius 2 is 1.62 bits per heavy atom. The van der Waals surface area contributed by atoms with Crippen LogP contribution >= 0.6 is 0 Å². The SMILES string of the molecule is CCc1ccc(/C=N/c2ccccc2)cc1. The van der Waals surface area contributed by atoms with Crippen LogP contribution in [0.25, 0.3) is 0 Å². The van der Waals surface area contributed by atoms with Crippen molar-refractivity contribution in [1.29, 1.82) is 0 Å². The summed E-state index contributed by atoms with van der Waals surface area (Å²) in [4.78, 5) is 4.41. The molecule has 2 aromatic carbocycles. The molecule has 0 atom stereocenters. The molecule has 16 heavy (non-hydrogen) atoms. The maximum absolute atomic E-state index is 4.41. The Morgan fingerprint density at radius 1 is 0.938 bits per heavy atom. The Bertz CT molecular complexity index is 455. The van der Waals surface area contributed by atoms with Gasteiger partial charge in [-0.15, -0.1) is 0 Å². The summed E-state index contributed by atoms with van der Waals surface area (Å²) in [5.41, 5.74) is 3.49. The monoisotopic (exact) mass is 209 g/mol. The van der Waals surface area contributed by atoms with E-state index >= 15 is 0 Å². The van der Waals surface area contributed by atoms with Crippen LogP contribution in [-0.4, -0.2) is 6.21 Å². The second kappa shape index (κ2) is 5.26. The van der Waals surface area contributed by atoms with Crippen molar-refractivity contribution in [3.05, 3.63) is 65.7 Å². The van der Waals surface area contributed by atoms with Crippen LogP contribution in [0, 0.1) is 0 Å². The summed E-state index contributed by atoms with van der Waals surface area (Å²) in [7, 11) is 0. The number of aryl methyl sites for hydroxylation is 1. The Balaban J connectivity index is 2.12. The molecule has 0 spiro atoms. The smallest absolute Gasteiger partial charge is 0.0629 e. The molecule has 0 radical (unpaired) electrons. The van der Waals surface area contributed by atoms with Crippen molar-refractivity contribution >= 4 is 11.9 Å². The predicted molar refractivity (Wildman–Crippen MR) is 69.5 cm³/mol. The molecule has 1 nitrogen and oxygen atoms in total. The summed E-state index contributed by atoms with van der Waals surface area (Å²) in [6.07, 6.45) is 2.98. The van der Waals surface area contributed by atoms with Crippen molar-refractivity contribution in [2.75, 3.05) is 0 Å². The zero-order chi connectivity index (χ0) is 11.2. The minimum absolute atomic E-state index is 0.988. The third-order valence-corrected chi connectivity index (χ3v) is 2.51. The van der Waals surface area contributed by atoms with Gasteiger partial charge in [0.2, 0.25) is 0 Å². The molecule has 0 amide bonds. The van der Waals surface area contributed by atoms with E-state index in [0.29, 0.717) is 0 Å². The second-order valence-corrected chi connectivity index (χ2v) is 3.69. The number of nitrogens with zero attached hydrogens (tertiary/aromatic N) is 1. The molecule has 0 heterocycles. The van der Waals surface area contributed by atoms with E-state index in [0.717, 1.165) is 17.7 Å². The average molecular weight is 209 g/mol. The second-order valence-electron chi connectivity index (χ2n) is 3.69. The van der Waals surface area contributed by atoms with Gasteiger partial charge in [-0.25, -0.2) is 0 Å². The maximum atomic E-state index is 4.41. The number of hydrogen-bond acceptors (Lipinski definition) is 1. The third-order valence-electron chi connectivity index (χ3n) is 2.51. The molecule has 0 aromatic heterocycles. The molecule has 1 heteroatoms. The summed E-state index contributed by atoms with van der Waals surface area (Å²) in [5, 5.41) is 0. The normalized spacial score (nSPS) is 10.8. The Labute approximate surface area is 96.5 Å². The molecule has 0 N–H and O–H groups in total. The first-order valence-electron chi connectivity index (χ1n) is 5.56. The van der Waals surface area contributed by atoms with E-state index in [2.05, 4.69) is 36.2 Å². The minimum atomic E-state index is 0.988. The molecule has 0 aliphatic rings. The molecular weight excluding hydrogens is 194 g/mol. The molecule has 2 rings (SSSR count). The lowest BCUT2D eigenvalue weighted by atomic mass is 10.1. The largest absolute Gasteiger partial charge is 0.256 e. The first-order chi connectivity index (χ1) is 7.88. The third kappa shape index (κ3) is 2.80. The molecule has 0 fully saturated rings. The maximum Gasteiger partial charge on any atom is 0.0629 e. The van der Waals surface area contributed by atoms with E-state index in [4.69, 9.17) is 0 Å². The highest BCUT2D eigenvalue weighted by Gasteiger charge is 1.90. The average Bonchev–Trinajstić information content (AvgIpc) is 2.38. The van der Waals surface area contributed by atoms with Crippen LogP contribution in [0.4, 0.5) is 5.69 Å². The number of para-hydroxylation sites is 1. The van der Waals surface area contributed by atoms with E-state index in [1.807, 2.05) is 36.5 Å². The number of rotatable bonds is 3. The quantitative estimate of drug-likeness (QED) is 0.677. The van der Waals surface area contributed by atoms with Gasteiger partial charge >= 0.3 is 0 Å². The summed E-state index contributed by atoms with van der Waals surface area (Å²) >= 11 is 0. The summed E-state index contributed by atoms with van der Waals surface area (Å²) in [6.45, 7) is 2.16. The van der Waals surface area contributed by atoms with Gasteiger partial charge in [0.15, 0.2) is 0 Å². The van der Waals surface area contributed by atoms with E-state index in [-0.39, 0.29) is 0 Å². The van der Waals surface area contributed by atoms with Crippen molar-refractivity contribution < 1.29 is 0 Å². The van der Waals surface area contributed by atoms with Crippen LogP contribution in [-0.2, 0) is 6.42 Å². The number of benzene rings is 2. The zero-order valence-electron chi connectivity index (χ0n) is 9.43. The van der Waals surface area contributed by atoms with Gasteiger partial charge in [-0.3, -0.25) is 4.99 Å². The molecule has 80 valence electrons. The van der Waals surface area contributed by atoms with Crippen molar-refractivity contribution in [2.24, 2.45) is 4.99 Å².